The first-order valence-electron chi connectivity index (χ1n) is 7.91. The fourth-order valence-electron chi connectivity index (χ4n) is 2.70. The monoisotopic (exact) mass is 324 g/mol. The number of hydrogen-bond acceptors (Lipinski definition) is 3. The number of carbonyl (C=O) groups excluding carboxylic acids is 1. The highest BCUT2D eigenvalue weighted by Gasteiger charge is 2.16. The summed E-state index contributed by atoms with van der Waals surface area (Å²) in [4.78, 5) is 14.3. The number of rotatable bonds is 4. The van der Waals surface area contributed by atoms with E-state index >= 15 is 0 Å². The number of amides is 1. The van der Waals surface area contributed by atoms with E-state index in [0.717, 1.165) is 28.9 Å². The smallest absolute Gasteiger partial charge is 0.266 e. The van der Waals surface area contributed by atoms with E-state index in [2.05, 4.69) is 10.5 Å². The van der Waals surface area contributed by atoms with E-state index in [9.17, 15) is 4.79 Å². The Bertz CT molecular complexity index is 720. The maximum Gasteiger partial charge on any atom is 0.281 e. The Labute approximate surface area is 140 Å². The van der Waals surface area contributed by atoms with Crippen LogP contribution in [0.25, 0.3) is 6.08 Å². The van der Waals surface area contributed by atoms with Crippen molar-refractivity contribution >= 4 is 29.5 Å². The zero-order chi connectivity index (χ0) is 16.1. The molecule has 1 amide bonds. The van der Waals surface area contributed by atoms with E-state index in [-0.39, 0.29) is 5.91 Å². The average Bonchev–Trinajstić information content (AvgIpc) is 3.00. The van der Waals surface area contributed by atoms with Crippen LogP contribution in [0.1, 0.15) is 45.4 Å². The van der Waals surface area contributed by atoms with E-state index in [1.54, 1.807) is 17.6 Å². The predicted molar refractivity (Wildman–Crippen MR) is 97.0 cm³/mol. The summed E-state index contributed by atoms with van der Waals surface area (Å²) in [5.41, 5.74) is 6.08. The minimum absolute atomic E-state index is 0.117. The number of benzene rings is 1. The lowest BCUT2D eigenvalue weighted by molar-refractivity contribution is 0.0959. The summed E-state index contributed by atoms with van der Waals surface area (Å²) in [7, 11) is 0. The standard InChI is InChI=1S/C19H20N2OS/c1-14(11-15-7-3-2-4-8-15)13-20-21-19(22)18-12-16-9-5-6-10-17(16)23-18/h2-4,7-8,11-13H,5-6,9-10H2,1H3,(H,21,22). The van der Waals surface area contributed by atoms with Crippen molar-refractivity contribution in [2.75, 3.05) is 0 Å². The SMILES string of the molecule is CC(C=NNC(=O)c1cc2c(s1)CCCC2)=Cc1ccccc1. The lowest BCUT2D eigenvalue weighted by Gasteiger charge is -2.08. The van der Waals surface area contributed by atoms with Gasteiger partial charge >= 0.3 is 0 Å². The molecule has 4 heteroatoms. The number of carbonyl (C=O) groups is 1. The van der Waals surface area contributed by atoms with Crippen molar-refractivity contribution < 1.29 is 4.79 Å². The van der Waals surface area contributed by atoms with Crippen molar-refractivity contribution in [2.24, 2.45) is 5.10 Å². The topological polar surface area (TPSA) is 41.5 Å². The van der Waals surface area contributed by atoms with Gasteiger partial charge in [-0.2, -0.15) is 5.10 Å². The molecule has 2 aromatic rings. The van der Waals surface area contributed by atoms with Gasteiger partial charge < -0.3 is 0 Å². The first kappa shape index (κ1) is 15.7. The van der Waals surface area contributed by atoms with E-state index < -0.39 is 0 Å². The first-order valence-corrected chi connectivity index (χ1v) is 8.72. The van der Waals surface area contributed by atoms with Gasteiger partial charge in [-0.25, -0.2) is 5.43 Å². The summed E-state index contributed by atoms with van der Waals surface area (Å²) < 4.78 is 0. The minimum atomic E-state index is -0.117. The molecule has 0 atom stereocenters. The third kappa shape index (κ3) is 4.17. The zero-order valence-electron chi connectivity index (χ0n) is 13.2. The Morgan fingerprint density at radius 1 is 1.22 bits per heavy atom. The molecule has 1 aromatic carbocycles. The molecule has 3 nitrogen and oxygen atoms in total. The minimum Gasteiger partial charge on any atom is -0.266 e. The van der Waals surface area contributed by atoms with E-state index in [4.69, 9.17) is 0 Å². The van der Waals surface area contributed by atoms with Gasteiger partial charge in [0.1, 0.15) is 0 Å². The van der Waals surface area contributed by atoms with Gasteiger partial charge in [-0.05, 0) is 55.4 Å². The molecule has 118 valence electrons. The van der Waals surface area contributed by atoms with Crippen LogP contribution >= 0.6 is 11.3 Å². The number of allylic oxidation sites excluding steroid dienone is 1. The van der Waals surface area contributed by atoms with Gasteiger partial charge in [-0.1, -0.05) is 36.4 Å². The lowest BCUT2D eigenvalue weighted by atomic mass is 9.99. The molecule has 23 heavy (non-hydrogen) atoms. The molecule has 0 saturated carbocycles. The molecule has 0 unspecified atom stereocenters. The van der Waals surface area contributed by atoms with Crippen molar-refractivity contribution in [1.29, 1.82) is 0 Å². The molecule has 0 saturated heterocycles. The third-order valence-electron chi connectivity index (χ3n) is 3.85. The lowest BCUT2D eigenvalue weighted by Crippen LogP contribution is -2.16. The van der Waals surface area contributed by atoms with Crippen LogP contribution in [0.15, 0.2) is 47.1 Å². The van der Waals surface area contributed by atoms with Gasteiger partial charge in [-0.15, -0.1) is 11.3 Å². The van der Waals surface area contributed by atoms with Gasteiger partial charge in [-0.3, -0.25) is 4.79 Å². The largest absolute Gasteiger partial charge is 0.281 e. The number of hydrazone groups is 1. The second kappa shape index (κ2) is 7.38. The highest BCUT2D eigenvalue weighted by atomic mass is 32.1. The Morgan fingerprint density at radius 3 is 2.78 bits per heavy atom. The Balaban J connectivity index is 1.60. The maximum absolute atomic E-state index is 12.2. The molecule has 1 aromatic heterocycles. The average molecular weight is 324 g/mol. The summed E-state index contributed by atoms with van der Waals surface area (Å²) in [5.74, 6) is -0.117. The van der Waals surface area contributed by atoms with Crippen molar-refractivity contribution in [3.63, 3.8) is 0 Å². The van der Waals surface area contributed by atoms with Gasteiger partial charge in [0.25, 0.3) is 5.91 Å². The van der Waals surface area contributed by atoms with Gasteiger partial charge in [0, 0.05) is 4.88 Å². The molecule has 1 aliphatic rings. The van der Waals surface area contributed by atoms with Crippen LogP contribution in [-0.4, -0.2) is 12.1 Å². The quantitative estimate of drug-likeness (QED) is 0.655. The molecule has 0 spiro atoms. The van der Waals surface area contributed by atoms with Crippen LogP contribution in [-0.2, 0) is 12.8 Å². The Morgan fingerprint density at radius 2 is 2.00 bits per heavy atom. The van der Waals surface area contributed by atoms with E-state index in [0.29, 0.717) is 0 Å². The third-order valence-corrected chi connectivity index (χ3v) is 5.08. The summed E-state index contributed by atoms with van der Waals surface area (Å²) >= 11 is 1.60. The maximum atomic E-state index is 12.2. The van der Waals surface area contributed by atoms with Crippen LogP contribution in [0, 0.1) is 0 Å². The molecule has 1 heterocycles. The summed E-state index contributed by atoms with van der Waals surface area (Å²) in [6, 6.07) is 12.1. The molecule has 0 aliphatic heterocycles. The van der Waals surface area contributed by atoms with Crippen LogP contribution in [0.2, 0.25) is 0 Å². The Kier molecular flexibility index (Phi) is 5.03. The summed E-state index contributed by atoms with van der Waals surface area (Å²) in [6.07, 6.45) is 8.37. The van der Waals surface area contributed by atoms with Crippen molar-refractivity contribution in [1.82, 2.24) is 5.43 Å². The van der Waals surface area contributed by atoms with Crippen LogP contribution in [0.4, 0.5) is 0 Å². The number of thiophene rings is 1. The van der Waals surface area contributed by atoms with Crippen LogP contribution in [0.3, 0.4) is 0 Å². The number of fused-ring (bicyclic) bond motifs is 1. The molecule has 1 aliphatic carbocycles. The molecular weight excluding hydrogens is 304 g/mol. The molecule has 3 rings (SSSR count). The summed E-state index contributed by atoms with van der Waals surface area (Å²) in [5, 5.41) is 4.06. The fourth-order valence-corrected chi connectivity index (χ4v) is 3.84. The Hall–Kier alpha value is -2.20. The highest BCUT2D eigenvalue weighted by Crippen LogP contribution is 2.29. The van der Waals surface area contributed by atoms with Gasteiger partial charge in [0.2, 0.25) is 0 Å². The number of aryl methyl sites for hydroxylation is 2. The number of nitrogens with zero attached hydrogens (tertiary/aromatic N) is 1. The number of hydrogen-bond donors (Lipinski definition) is 1. The molecular formula is C19H20N2OS. The highest BCUT2D eigenvalue weighted by molar-refractivity contribution is 7.14. The molecule has 0 radical (unpaired) electrons. The van der Waals surface area contributed by atoms with E-state index in [1.165, 1.54) is 23.3 Å². The second-order valence-electron chi connectivity index (χ2n) is 5.76. The second-order valence-corrected chi connectivity index (χ2v) is 6.90. The zero-order valence-corrected chi connectivity index (χ0v) is 14.0. The van der Waals surface area contributed by atoms with Crippen LogP contribution < -0.4 is 5.43 Å². The number of nitrogens with one attached hydrogen (secondary N) is 1. The van der Waals surface area contributed by atoms with Crippen molar-refractivity contribution in [3.8, 4) is 0 Å². The molecule has 1 N–H and O–H groups in total. The molecule has 0 fully saturated rings. The predicted octanol–water partition coefficient (Wildman–Crippen LogP) is 4.45. The van der Waals surface area contributed by atoms with Gasteiger partial charge in [0.15, 0.2) is 0 Å². The van der Waals surface area contributed by atoms with E-state index in [1.807, 2.05) is 49.4 Å². The van der Waals surface area contributed by atoms with Gasteiger partial charge in [0.05, 0.1) is 11.1 Å². The molecule has 0 bridgehead atoms. The normalized spacial score (nSPS) is 14.7. The summed E-state index contributed by atoms with van der Waals surface area (Å²) in [6.45, 7) is 1.96. The van der Waals surface area contributed by atoms with Crippen molar-refractivity contribution in [2.45, 2.75) is 32.6 Å². The van der Waals surface area contributed by atoms with Crippen molar-refractivity contribution in [3.05, 3.63) is 62.9 Å². The van der Waals surface area contributed by atoms with Crippen LogP contribution in [0.5, 0.6) is 0 Å². The fraction of sp³-hybridized carbons (Fsp3) is 0.263. The first-order chi connectivity index (χ1) is 11.2.